The first-order chi connectivity index (χ1) is 18.6. The Balaban J connectivity index is 0.997. The second kappa shape index (κ2) is 11.8. The number of H-pyrrole nitrogens is 1. The minimum atomic E-state index is -0.343. The van der Waals surface area contributed by atoms with Crippen LogP contribution in [0.3, 0.4) is 0 Å². The maximum absolute atomic E-state index is 12.3. The fourth-order valence-electron chi connectivity index (χ4n) is 4.10. The van der Waals surface area contributed by atoms with Gasteiger partial charge in [-0.05, 0) is 65.3 Å². The summed E-state index contributed by atoms with van der Waals surface area (Å²) in [5.41, 5.74) is 10.7. The topological polar surface area (TPSA) is 136 Å². The fraction of sp³-hybridized carbons (Fsp3) is 0.179. The number of nitrogens with zero attached hydrogens (tertiary/aromatic N) is 3. The van der Waals surface area contributed by atoms with Crippen molar-refractivity contribution in [2.75, 3.05) is 23.7 Å². The van der Waals surface area contributed by atoms with Crippen molar-refractivity contribution >= 4 is 46.7 Å². The Morgan fingerprint density at radius 3 is 2.68 bits per heavy atom. The van der Waals surface area contributed by atoms with Gasteiger partial charge in [0, 0.05) is 43.1 Å². The van der Waals surface area contributed by atoms with Gasteiger partial charge in [0.15, 0.2) is 0 Å². The largest absolute Gasteiger partial charge is 0.384 e. The van der Waals surface area contributed by atoms with Crippen LogP contribution >= 0.6 is 0 Å². The number of hydrogen-bond donors (Lipinski definition) is 5. The molecule has 10 nitrogen and oxygen atoms in total. The Labute approximate surface area is 219 Å². The molecule has 2 amide bonds. The number of hydrazone groups is 2. The van der Waals surface area contributed by atoms with E-state index in [9.17, 15) is 9.59 Å². The molecule has 0 radical (unpaired) electrons. The molecule has 0 fully saturated rings. The van der Waals surface area contributed by atoms with Crippen LogP contribution in [0.1, 0.15) is 39.9 Å². The Bertz CT molecular complexity index is 1490. The lowest BCUT2D eigenvalue weighted by molar-refractivity contribution is -0.121. The lowest BCUT2D eigenvalue weighted by atomic mass is 10.1. The van der Waals surface area contributed by atoms with Gasteiger partial charge in [0.2, 0.25) is 5.91 Å². The van der Waals surface area contributed by atoms with E-state index in [-0.39, 0.29) is 11.8 Å². The molecule has 0 spiro atoms. The van der Waals surface area contributed by atoms with E-state index in [1.807, 2.05) is 42.6 Å². The molecule has 0 unspecified atom stereocenters. The van der Waals surface area contributed by atoms with Crippen molar-refractivity contribution in [3.8, 4) is 0 Å². The highest BCUT2D eigenvalue weighted by Crippen LogP contribution is 2.22. The minimum Gasteiger partial charge on any atom is -0.384 e. The van der Waals surface area contributed by atoms with Gasteiger partial charge in [-0.25, -0.2) is 15.8 Å². The molecule has 1 aliphatic heterocycles. The van der Waals surface area contributed by atoms with E-state index in [0.717, 1.165) is 40.7 Å². The fourth-order valence-corrected chi connectivity index (χ4v) is 4.10. The lowest BCUT2D eigenvalue weighted by Gasteiger charge is -2.06. The second-order valence-corrected chi connectivity index (χ2v) is 8.87. The number of amides is 2. The summed E-state index contributed by atoms with van der Waals surface area (Å²) in [5.74, 6) is 0.110. The van der Waals surface area contributed by atoms with E-state index < -0.39 is 0 Å². The van der Waals surface area contributed by atoms with Gasteiger partial charge in [-0.1, -0.05) is 24.3 Å². The van der Waals surface area contributed by atoms with Gasteiger partial charge in [0.05, 0.1) is 18.0 Å². The molecule has 5 N–H and O–H groups in total. The predicted octanol–water partition coefficient (Wildman–Crippen LogP) is 3.64. The van der Waals surface area contributed by atoms with E-state index in [1.165, 1.54) is 11.8 Å². The summed E-state index contributed by atoms with van der Waals surface area (Å²) in [5, 5.41) is 15.7. The van der Waals surface area contributed by atoms with Gasteiger partial charge in [0.25, 0.3) is 5.91 Å². The number of aromatic nitrogens is 2. The second-order valence-electron chi connectivity index (χ2n) is 8.87. The number of benzene rings is 2. The Morgan fingerprint density at radius 1 is 0.974 bits per heavy atom. The molecule has 192 valence electrons. The highest BCUT2D eigenvalue weighted by molar-refractivity contribution is 5.95. The van der Waals surface area contributed by atoms with E-state index in [2.05, 4.69) is 47.7 Å². The van der Waals surface area contributed by atoms with E-state index in [4.69, 9.17) is 0 Å². The molecular weight excluding hydrogens is 480 g/mol. The standard InChI is InChI=1S/C28H28N8O2/c37-27(35-33-16-19-3-5-21-9-12-29-24(21)14-19)2-1-11-31-26-8-7-23(18-32-26)28(38)36-34-17-20-4-6-22-10-13-30-25(22)15-20/h3-9,12,14-18,29-30H,1-2,10-11,13H2,(H,31,32)(H,35,37)(H,36,38)/b33-16+,34-17+. The van der Waals surface area contributed by atoms with Crippen LogP contribution < -0.4 is 21.5 Å². The number of anilines is 2. The zero-order chi connectivity index (χ0) is 26.2. The zero-order valence-electron chi connectivity index (χ0n) is 20.7. The van der Waals surface area contributed by atoms with Crippen LogP contribution in [0.2, 0.25) is 0 Å². The van der Waals surface area contributed by atoms with Gasteiger partial charge in [-0.3, -0.25) is 9.59 Å². The monoisotopic (exact) mass is 508 g/mol. The molecule has 4 aromatic rings. The number of rotatable bonds is 10. The molecule has 10 heteroatoms. The molecule has 0 bridgehead atoms. The van der Waals surface area contributed by atoms with Gasteiger partial charge in [0.1, 0.15) is 5.82 Å². The van der Waals surface area contributed by atoms with E-state index in [1.54, 1.807) is 24.6 Å². The summed E-state index contributed by atoms with van der Waals surface area (Å²) in [4.78, 5) is 31.8. The number of pyridine rings is 1. The maximum atomic E-state index is 12.3. The molecule has 0 saturated carbocycles. The van der Waals surface area contributed by atoms with Crippen LogP contribution in [0.25, 0.3) is 10.9 Å². The number of carbonyl (C=O) groups excluding carboxylic acids is 2. The molecular formula is C28H28N8O2. The molecule has 0 atom stereocenters. The van der Waals surface area contributed by atoms with Crippen molar-refractivity contribution in [2.45, 2.75) is 19.3 Å². The maximum Gasteiger partial charge on any atom is 0.272 e. The molecule has 38 heavy (non-hydrogen) atoms. The van der Waals surface area contributed by atoms with Gasteiger partial charge >= 0.3 is 0 Å². The van der Waals surface area contributed by atoms with Crippen LogP contribution in [0.4, 0.5) is 11.5 Å². The number of carbonyl (C=O) groups is 2. The molecule has 0 saturated heterocycles. The van der Waals surface area contributed by atoms with Gasteiger partial charge < -0.3 is 15.6 Å². The molecule has 2 aromatic heterocycles. The van der Waals surface area contributed by atoms with Crippen molar-refractivity contribution in [1.29, 1.82) is 0 Å². The molecule has 1 aliphatic rings. The zero-order valence-corrected chi connectivity index (χ0v) is 20.7. The average Bonchev–Trinajstić information content (AvgIpc) is 3.60. The minimum absolute atomic E-state index is 0.166. The highest BCUT2D eigenvalue weighted by Gasteiger charge is 2.09. The van der Waals surface area contributed by atoms with Crippen LogP contribution in [0.15, 0.2) is 77.2 Å². The van der Waals surface area contributed by atoms with E-state index >= 15 is 0 Å². The lowest BCUT2D eigenvalue weighted by Crippen LogP contribution is -2.19. The SMILES string of the molecule is O=C(CCCNc1ccc(C(=O)N/N=C/c2ccc3c(c2)NCC3)cn1)N/N=C/c1ccc2cc[nH]c2c1. The summed E-state index contributed by atoms with van der Waals surface area (Å²) in [6.45, 7) is 1.50. The van der Waals surface area contributed by atoms with Crippen LogP contribution in [0.5, 0.6) is 0 Å². The van der Waals surface area contributed by atoms with Gasteiger partial charge in [-0.15, -0.1) is 0 Å². The summed E-state index contributed by atoms with van der Waals surface area (Å²) in [7, 11) is 0. The first-order valence-corrected chi connectivity index (χ1v) is 12.4. The Morgan fingerprint density at radius 2 is 1.82 bits per heavy atom. The van der Waals surface area contributed by atoms with E-state index in [0.29, 0.717) is 30.8 Å². The predicted molar refractivity (Wildman–Crippen MR) is 150 cm³/mol. The molecule has 2 aromatic carbocycles. The molecule has 3 heterocycles. The quantitative estimate of drug-likeness (QED) is 0.127. The number of nitrogens with one attached hydrogen (secondary N) is 5. The summed E-state index contributed by atoms with van der Waals surface area (Å²) >= 11 is 0. The normalized spacial score (nSPS) is 12.5. The number of aromatic amines is 1. The Kier molecular flexibility index (Phi) is 7.69. The van der Waals surface area contributed by atoms with Crippen LogP contribution in [0, 0.1) is 0 Å². The van der Waals surface area contributed by atoms with Crippen LogP contribution in [-0.4, -0.2) is 47.3 Å². The van der Waals surface area contributed by atoms with Crippen molar-refractivity contribution in [1.82, 2.24) is 20.8 Å². The van der Waals surface area contributed by atoms with Gasteiger partial charge in [-0.2, -0.15) is 10.2 Å². The highest BCUT2D eigenvalue weighted by atomic mass is 16.2. The number of hydrogen-bond acceptors (Lipinski definition) is 7. The van der Waals surface area contributed by atoms with Crippen molar-refractivity contribution in [3.63, 3.8) is 0 Å². The summed E-state index contributed by atoms with van der Waals surface area (Å²) in [6, 6.07) is 17.4. The third kappa shape index (κ3) is 6.41. The summed E-state index contributed by atoms with van der Waals surface area (Å²) < 4.78 is 0. The first kappa shape index (κ1) is 24.7. The van der Waals surface area contributed by atoms with Crippen LogP contribution in [-0.2, 0) is 11.2 Å². The van der Waals surface area contributed by atoms with Crippen molar-refractivity contribution in [2.24, 2.45) is 10.2 Å². The van der Waals surface area contributed by atoms with Crippen molar-refractivity contribution in [3.05, 3.63) is 89.2 Å². The smallest absolute Gasteiger partial charge is 0.272 e. The number of fused-ring (bicyclic) bond motifs is 2. The third-order valence-corrected chi connectivity index (χ3v) is 6.12. The average molecular weight is 509 g/mol. The Hall–Kier alpha value is -4.99. The third-order valence-electron chi connectivity index (χ3n) is 6.12. The molecule has 5 rings (SSSR count). The summed E-state index contributed by atoms with van der Waals surface area (Å²) in [6.07, 6.45) is 8.55. The molecule has 0 aliphatic carbocycles. The first-order valence-electron chi connectivity index (χ1n) is 12.4. The van der Waals surface area contributed by atoms with Crippen molar-refractivity contribution < 1.29 is 9.59 Å².